The summed E-state index contributed by atoms with van der Waals surface area (Å²) in [6.45, 7) is 6.26. The molecule has 0 radical (unpaired) electrons. The zero-order valence-electron chi connectivity index (χ0n) is 8.13. The molecule has 1 aliphatic rings. The van der Waals surface area contributed by atoms with E-state index in [0.29, 0.717) is 18.3 Å². The van der Waals surface area contributed by atoms with Crippen molar-refractivity contribution in [3.05, 3.63) is 0 Å². The molecule has 1 rings (SSSR count). The highest BCUT2D eigenvalue weighted by atomic mass is 16.3. The Bertz CT molecular complexity index is 184. The van der Waals surface area contributed by atoms with Gasteiger partial charge in [-0.1, -0.05) is 13.8 Å². The van der Waals surface area contributed by atoms with Crippen LogP contribution in [-0.4, -0.2) is 17.5 Å². The number of ketones is 1. The van der Waals surface area contributed by atoms with E-state index in [0.717, 1.165) is 6.42 Å². The maximum atomic E-state index is 10.9. The van der Waals surface area contributed by atoms with Crippen molar-refractivity contribution in [2.45, 2.75) is 33.6 Å². The van der Waals surface area contributed by atoms with Gasteiger partial charge in [0.15, 0.2) is 0 Å². The fourth-order valence-electron chi connectivity index (χ4n) is 2.28. The minimum absolute atomic E-state index is 0.252. The Morgan fingerprint density at radius 2 is 2.00 bits per heavy atom. The zero-order chi connectivity index (χ0) is 9.35. The van der Waals surface area contributed by atoms with Gasteiger partial charge in [0.1, 0.15) is 5.78 Å². The summed E-state index contributed by atoms with van der Waals surface area (Å²) in [6.07, 6.45) is 1.54. The molecule has 2 atom stereocenters. The molecule has 0 unspecified atom stereocenters. The molecule has 1 saturated carbocycles. The summed E-state index contributed by atoms with van der Waals surface area (Å²) in [4.78, 5) is 10.9. The molecule has 0 aromatic rings. The lowest BCUT2D eigenvalue weighted by molar-refractivity contribution is -0.117. The number of aliphatic hydroxyl groups excluding tert-OH is 1. The number of rotatable bonds is 4. The molecule has 1 fully saturated rings. The Labute approximate surface area is 74.0 Å². The molecule has 0 heterocycles. The van der Waals surface area contributed by atoms with E-state index in [2.05, 4.69) is 13.8 Å². The van der Waals surface area contributed by atoms with Crippen molar-refractivity contribution in [2.75, 3.05) is 6.61 Å². The largest absolute Gasteiger partial charge is 0.396 e. The molecule has 2 heteroatoms. The highest BCUT2D eigenvalue weighted by Crippen LogP contribution is 2.61. The predicted octanol–water partition coefficient (Wildman–Crippen LogP) is 1.62. The SMILES string of the molecule is CC(=O)C[C@H]1[C@H](CCO)C1(C)C. The zero-order valence-corrected chi connectivity index (χ0v) is 8.13. The molecule has 0 aliphatic heterocycles. The van der Waals surface area contributed by atoms with E-state index < -0.39 is 0 Å². The second-order valence-corrected chi connectivity index (χ2v) is 4.45. The van der Waals surface area contributed by atoms with Crippen molar-refractivity contribution in [1.82, 2.24) is 0 Å². The summed E-state index contributed by atoms with van der Waals surface area (Å²) in [7, 11) is 0. The smallest absolute Gasteiger partial charge is 0.130 e. The standard InChI is InChI=1S/C10H18O2/c1-7(12)6-9-8(4-5-11)10(9,2)3/h8-9,11H,4-6H2,1-3H3/t8-,9-/m0/s1. The summed E-state index contributed by atoms with van der Waals surface area (Å²) in [6, 6.07) is 0. The number of carbonyl (C=O) groups excluding carboxylic acids is 1. The van der Waals surface area contributed by atoms with Crippen molar-refractivity contribution in [2.24, 2.45) is 17.3 Å². The van der Waals surface area contributed by atoms with Gasteiger partial charge in [-0.15, -0.1) is 0 Å². The number of carbonyl (C=O) groups is 1. The molecule has 0 aromatic carbocycles. The summed E-state index contributed by atoms with van der Waals surface area (Å²) in [5.41, 5.74) is 0.286. The van der Waals surface area contributed by atoms with Crippen LogP contribution in [0.4, 0.5) is 0 Å². The van der Waals surface area contributed by atoms with Gasteiger partial charge in [0, 0.05) is 13.0 Å². The highest BCUT2D eigenvalue weighted by molar-refractivity contribution is 5.76. The fraction of sp³-hybridized carbons (Fsp3) is 0.900. The van der Waals surface area contributed by atoms with Gasteiger partial charge < -0.3 is 9.90 Å². The van der Waals surface area contributed by atoms with Crippen molar-refractivity contribution in [3.8, 4) is 0 Å². The van der Waals surface area contributed by atoms with Gasteiger partial charge in [0.05, 0.1) is 0 Å². The monoisotopic (exact) mass is 170 g/mol. The highest BCUT2D eigenvalue weighted by Gasteiger charge is 2.56. The lowest BCUT2D eigenvalue weighted by atomic mass is 10.1. The Morgan fingerprint density at radius 3 is 2.42 bits per heavy atom. The molecular formula is C10H18O2. The third kappa shape index (κ3) is 1.69. The third-order valence-corrected chi connectivity index (χ3v) is 3.24. The van der Waals surface area contributed by atoms with Gasteiger partial charge in [-0.3, -0.25) is 0 Å². The third-order valence-electron chi connectivity index (χ3n) is 3.24. The van der Waals surface area contributed by atoms with Gasteiger partial charge >= 0.3 is 0 Å². The first kappa shape index (κ1) is 9.72. The second kappa shape index (κ2) is 3.17. The van der Waals surface area contributed by atoms with Crippen LogP contribution in [-0.2, 0) is 4.79 Å². The Hall–Kier alpha value is -0.370. The lowest BCUT2D eigenvalue weighted by Crippen LogP contribution is -1.96. The minimum Gasteiger partial charge on any atom is -0.396 e. The number of aliphatic hydroxyl groups is 1. The van der Waals surface area contributed by atoms with Crippen LogP contribution in [0.2, 0.25) is 0 Å². The molecule has 12 heavy (non-hydrogen) atoms. The van der Waals surface area contributed by atoms with Crippen LogP contribution in [0.15, 0.2) is 0 Å². The molecule has 0 saturated heterocycles. The first-order chi connectivity index (χ1) is 5.50. The van der Waals surface area contributed by atoms with Crippen molar-refractivity contribution in [1.29, 1.82) is 0 Å². The quantitative estimate of drug-likeness (QED) is 0.696. The first-order valence-electron chi connectivity index (χ1n) is 4.60. The number of hydrogen-bond donors (Lipinski definition) is 1. The van der Waals surface area contributed by atoms with Crippen LogP contribution in [0.25, 0.3) is 0 Å². The van der Waals surface area contributed by atoms with Crippen LogP contribution >= 0.6 is 0 Å². The lowest BCUT2D eigenvalue weighted by Gasteiger charge is -1.99. The average molecular weight is 170 g/mol. The van der Waals surface area contributed by atoms with Crippen LogP contribution in [0, 0.1) is 17.3 Å². The van der Waals surface area contributed by atoms with Gasteiger partial charge in [0.25, 0.3) is 0 Å². The van der Waals surface area contributed by atoms with Crippen LogP contribution in [0.5, 0.6) is 0 Å². The normalized spacial score (nSPS) is 31.7. The van der Waals surface area contributed by atoms with Crippen molar-refractivity contribution in [3.63, 3.8) is 0 Å². The van der Waals surface area contributed by atoms with Gasteiger partial charge in [-0.2, -0.15) is 0 Å². The van der Waals surface area contributed by atoms with E-state index in [4.69, 9.17) is 5.11 Å². The molecule has 0 spiro atoms. The maximum absolute atomic E-state index is 10.9. The summed E-state index contributed by atoms with van der Waals surface area (Å²) in [5.74, 6) is 1.35. The Balaban J connectivity index is 2.43. The molecule has 2 nitrogen and oxygen atoms in total. The topological polar surface area (TPSA) is 37.3 Å². The van der Waals surface area contributed by atoms with Gasteiger partial charge in [0.2, 0.25) is 0 Å². The first-order valence-corrected chi connectivity index (χ1v) is 4.60. The Morgan fingerprint density at radius 1 is 1.42 bits per heavy atom. The molecule has 0 amide bonds. The molecule has 1 aliphatic carbocycles. The molecular weight excluding hydrogens is 152 g/mol. The van der Waals surface area contributed by atoms with Gasteiger partial charge in [-0.25, -0.2) is 0 Å². The second-order valence-electron chi connectivity index (χ2n) is 4.45. The summed E-state index contributed by atoms with van der Waals surface area (Å²) >= 11 is 0. The Kier molecular flexibility index (Phi) is 2.57. The molecule has 1 N–H and O–H groups in total. The molecule has 0 aromatic heterocycles. The summed E-state index contributed by atoms with van der Waals surface area (Å²) in [5, 5.41) is 8.78. The summed E-state index contributed by atoms with van der Waals surface area (Å²) < 4.78 is 0. The van der Waals surface area contributed by atoms with E-state index in [9.17, 15) is 4.79 Å². The molecule has 0 bridgehead atoms. The van der Waals surface area contributed by atoms with E-state index in [-0.39, 0.29) is 17.8 Å². The fourth-order valence-corrected chi connectivity index (χ4v) is 2.28. The van der Waals surface area contributed by atoms with E-state index in [1.807, 2.05) is 0 Å². The average Bonchev–Trinajstić information content (AvgIpc) is 2.39. The molecule has 70 valence electrons. The number of Topliss-reactive ketones (excluding diaryl/α,β-unsaturated/α-hetero) is 1. The number of hydrogen-bond acceptors (Lipinski definition) is 2. The van der Waals surface area contributed by atoms with E-state index in [1.165, 1.54) is 0 Å². The van der Waals surface area contributed by atoms with Crippen molar-refractivity contribution >= 4 is 5.78 Å². The van der Waals surface area contributed by atoms with Gasteiger partial charge in [-0.05, 0) is 30.6 Å². The minimum atomic E-state index is 0.252. The van der Waals surface area contributed by atoms with Crippen LogP contribution in [0.3, 0.4) is 0 Å². The maximum Gasteiger partial charge on any atom is 0.130 e. The van der Waals surface area contributed by atoms with Crippen molar-refractivity contribution < 1.29 is 9.90 Å². The van der Waals surface area contributed by atoms with Crippen LogP contribution in [0.1, 0.15) is 33.6 Å². The van der Waals surface area contributed by atoms with E-state index in [1.54, 1.807) is 6.92 Å². The van der Waals surface area contributed by atoms with Crippen LogP contribution < -0.4 is 0 Å². The predicted molar refractivity (Wildman–Crippen MR) is 47.8 cm³/mol. The van der Waals surface area contributed by atoms with E-state index >= 15 is 0 Å².